The molecule has 0 spiro atoms. The van der Waals surface area contributed by atoms with Gasteiger partial charge in [0.2, 0.25) is 0 Å². The number of thioether (sulfide) groups is 1. The van der Waals surface area contributed by atoms with Crippen molar-refractivity contribution in [1.82, 2.24) is 14.7 Å². The number of carbonyl (C=O) groups is 1. The molecular formula is C30H26ClN3O2S2. The lowest BCUT2D eigenvalue weighted by Crippen LogP contribution is -2.28. The van der Waals surface area contributed by atoms with Gasteiger partial charge in [-0.25, -0.2) is 4.68 Å². The second kappa shape index (κ2) is 12.0. The number of nitrogens with zero attached hydrogens (tertiary/aromatic N) is 3. The predicted molar refractivity (Wildman–Crippen MR) is 160 cm³/mol. The summed E-state index contributed by atoms with van der Waals surface area (Å²) in [5, 5.41) is 5.60. The third kappa shape index (κ3) is 6.01. The van der Waals surface area contributed by atoms with Gasteiger partial charge in [-0.2, -0.15) is 5.10 Å². The van der Waals surface area contributed by atoms with Crippen molar-refractivity contribution >= 4 is 51.9 Å². The van der Waals surface area contributed by atoms with E-state index in [0.717, 1.165) is 46.7 Å². The van der Waals surface area contributed by atoms with Crippen LogP contribution >= 0.6 is 35.6 Å². The molecule has 2 heterocycles. The second-order valence-electron chi connectivity index (χ2n) is 8.84. The first-order chi connectivity index (χ1) is 18.5. The van der Waals surface area contributed by atoms with Crippen molar-refractivity contribution in [3.8, 4) is 22.7 Å². The number of rotatable bonds is 9. The average molecular weight is 560 g/mol. The molecule has 0 aliphatic carbocycles. The Morgan fingerprint density at radius 1 is 1.05 bits per heavy atom. The molecule has 1 saturated heterocycles. The summed E-state index contributed by atoms with van der Waals surface area (Å²) in [6.45, 7) is 3.17. The molecule has 1 fully saturated rings. The molecular weight excluding hydrogens is 534 g/mol. The van der Waals surface area contributed by atoms with Gasteiger partial charge in [-0.3, -0.25) is 9.69 Å². The number of hydrogen-bond acceptors (Lipinski definition) is 5. The van der Waals surface area contributed by atoms with Crippen molar-refractivity contribution in [3.63, 3.8) is 0 Å². The quantitative estimate of drug-likeness (QED) is 0.155. The fourth-order valence-electron chi connectivity index (χ4n) is 4.06. The Labute approximate surface area is 237 Å². The molecule has 38 heavy (non-hydrogen) atoms. The Hall–Kier alpha value is -3.39. The Balaban J connectivity index is 1.48. The van der Waals surface area contributed by atoms with E-state index in [2.05, 4.69) is 6.92 Å². The molecule has 3 aromatic carbocycles. The lowest BCUT2D eigenvalue weighted by Gasteiger charge is -2.13. The van der Waals surface area contributed by atoms with Crippen LogP contribution in [0.3, 0.4) is 0 Å². The molecule has 0 atom stereocenters. The zero-order chi connectivity index (χ0) is 26.5. The zero-order valence-electron chi connectivity index (χ0n) is 20.8. The van der Waals surface area contributed by atoms with Crippen molar-refractivity contribution < 1.29 is 9.53 Å². The van der Waals surface area contributed by atoms with Crippen LogP contribution in [0.25, 0.3) is 23.0 Å². The number of hydrogen-bond donors (Lipinski definition) is 0. The minimum atomic E-state index is -0.0492. The molecule has 5 nitrogen and oxygen atoms in total. The van der Waals surface area contributed by atoms with E-state index >= 15 is 0 Å². The maximum atomic E-state index is 13.1. The molecule has 8 heteroatoms. The molecule has 1 aromatic heterocycles. The normalized spacial score (nSPS) is 14.5. The SMILES string of the molecule is CCCCN1C(=O)C(=Cc2cn(-c3ccccc3)nc2-c2cccc(OCc3ccc(Cl)cc3)c2)SC1=S. The van der Waals surface area contributed by atoms with Crippen LogP contribution in [0.5, 0.6) is 5.75 Å². The van der Waals surface area contributed by atoms with E-state index in [1.54, 1.807) is 4.90 Å². The summed E-state index contributed by atoms with van der Waals surface area (Å²) < 4.78 is 8.50. The Bertz CT molecular complexity index is 1480. The van der Waals surface area contributed by atoms with E-state index in [-0.39, 0.29) is 5.91 Å². The molecule has 0 unspecified atom stereocenters. The average Bonchev–Trinajstić information content (AvgIpc) is 3.48. The molecule has 5 rings (SSSR count). The summed E-state index contributed by atoms with van der Waals surface area (Å²) in [4.78, 5) is 15.4. The van der Waals surface area contributed by atoms with E-state index in [1.165, 1.54) is 11.8 Å². The lowest BCUT2D eigenvalue weighted by molar-refractivity contribution is -0.122. The molecule has 1 aliphatic rings. The number of amides is 1. The van der Waals surface area contributed by atoms with E-state index in [1.807, 2.05) is 95.8 Å². The Morgan fingerprint density at radius 3 is 2.61 bits per heavy atom. The number of halogens is 1. The maximum Gasteiger partial charge on any atom is 0.266 e. The first kappa shape index (κ1) is 26.2. The maximum absolute atomic E-state index is 13.1. The molecule has 0 saturated carbocycles. The largest absolute Gasteiger partial charge is 0.489 e. The first-order valence-electron chi connectivity index (χ1n) is 12.4. The molecule has 192 valence electrons. The van der Waals surface area contributed by atoms with Gasteiger partial charge in [0.05, 0.1) is 10.6 Å². The number of benzene rings is 3. The van der Waals surface area contributed by atoms with E-state index in [0.29, 0.717) is 27.4 Å². The number of ether oxygens (including phenoxy) is 1. The number of aromatic nitrogens is 2. The van der Waals surface area contributed by atoms with Crippen LogP contribution in [0.15, 0.2) is 90.0 Å². The van der Waals surface area contributed by atoms with Crippen molar-refractivity contribution in [2.24, 2.45) is 0 Å². The molecule has 0 radical (unpaired) electrons. The standard InChI is InChI=1S/C30H26ClN3O2S2/c1-2-3-16-33-29(35)27(38-30(33)37)18-23-19-34(25-9-5-4-6-10-25)32-28(23)22-8-7-11-26(17-22)36-20-21-12-14-24(31)15-13-21/h4-15,17-19H,2-3,16,20H2,1H3. The third-order valence-corrected chi connectivity index (χ3v) is 7.71. The van der Waals surface area contributed by atoms with Gasteiger partial charge in [-0.1, -0.05) is 91.4 Å². The van der Waals surface area contributed by atoms with Gasteiger partial charge in [0, 0.05) is 28.9 Å². The number of para-hydroxylation sites is 1. The van der Waals surface area contributed by atoms with Gasteiger partial charge in [0.25, 0.3) is 5.91 Å². The van der Waals surface area contributed by atoms with Gasteiger partial charge in [0.15, 0.2) is 0 Å². The number of thiocarbonyl (C=S) groups is 1. The monoisotopic (exact) mass is 559 g/mol. The predicted octanol–water partition coefficient (Wildman–Crippen LogP) is 7.77. The molecule has 0 bridgehead atoms. The summed E-state index contributed by atoms with van der Waals surface area (Å²) in [7, 11) is 0. The fraction of sp³-hybridized carbons (Fsp3) is 0.167. The molecule has 4 aromatic rings. The van der Waals surface area contributed by atoms with Crippen LogP contribution in [0.1, 0.15) is 30.9 Å². The van der Waals surface area contributed by atoms with Gasteiger partial charge >= 0.3 is 0 Å². The van der Waals surface area contributed by atoms with Crippen LogP contribution in [-0.4, -0.2) is 31.5 Å². The summed E-state index contributed by atoms with van der Waals surface area (Å²) in [5.74, 6) is 0.676. The smallest absolute Gasteiger partial charge is 0.266 e. The van der Waals surface area contributed by atoms with Gasteiger partial charge in [-0.05, 0) is 54.5 Å². The highest BCUT2D eigenvalue weighted by Gasteiger charge is 2.32. The van der Waals surface area contributed by atoms with Crippen molar-refractivity contribution in [2.45, 2.75) is 26.4 Å². The fourth-order valence-corrected chi connectivity index (χ4v) is 5.49. The third-order valence-electron chi connectivity index (χ3n) is 6.08. The van der Waals surface area contributed by atoms with Gasteiger partial charge in [-0.15, -0.1) is 0 Å². The summed E-state index contributed by atoms with van der Waals surface area (Å²) in [6.07, 6.45) is 5.76. The van der Waals surface area contributed by atoms with Gasteiger partial charge in [0.1, 0.15) is 22.4 Å². The van der Waals surface area contributed by atoms with E-state index in [9.17, 15) is 4.79 Å². The van der Waals surface area contributed by atoms with Crippen LogP contribution in [-0.2, 0) is 11.4 Å². The van der Waals surface area contributed by atoms with Crippen LogP contribution in [0, 0.1) is 0 Å². The highest BCUT2D eigenvalue weighted by Crippen LogP contribution is 2.35. The van der Waals surface area contributed by atoms with E-state index < -0.39 is 0 Å². The van der Waals surface area contributed by atoms with Crippen LogP contribution in [0.4, 0.5) is 0 Å². The van der Waals surface area contributed by atoms with Crippen LogP contribution < -0.4 is 4.74 Å². The number of unbranched alkanes of at least 4 members (excludes halogenated alkanes) is 1. The minimum Gasteiger partial charge on any atom is -0.489 e. The highest BCUT2D eigenvalue weighted by molar-refractivity contribution is 8.26. The summed E-state index contributed by atoms with van der Waals surface area (Å²) in [5.41, 5.74) is 4.43. The minimum absolute atomic E-state index is 0.0492. The molecule has 1 amide bonds. The second-order valence-corrected chi connectivity index (χ2v) is 11.0. The number of carbonyl (C=O) groups excluding carboxylic acids is 1. The first-order valence-corrected chi connectivity index (χ1v) is 14.0. The summed E-state index contributed by atoms with van der Waals surface area (Å²) >= 11 is 12.9. The van der Waals surface area contributed by atoms with Crippen molar-refractivity contribution in [2.75, 3.05) is 6.54 Å². The van der Waals surface area contributed by atoms with Gasteiger partial charge < -0.3 is 4.74 Å². The van der Waals surface area contributed by atoms with Crippen molar-refractivity contribution in [1.29, 1.82) is 0 Å². The highest BCUT2D eigenvalue weighted by atomic mass is 35.5. The van der Waals surface area contributed by atoms with Crippen molar-refractivity contribution in [3.05, 3.63) is 106 Å². The molecule has 1 aliphatic heterocycles. The Kier molecular flexibility index (Phi) is 8.27. The zero-order valence-corrected chi connectivity index (χ0v) is 23.2. The summed E-state index contributed by atoms with van der Waals surface area (Å²) in [6, 6.07) is 25.3. The van der Waals surface area contributed by atoms with E-state index in [4.69, 9.17) is 33.7 Å². The Morgan fingerprint density at radius 2 is 1.84 bits per heavy atom. The lowest BCUT2D eigenvalue weighted by atomic mass is 10.1. The molecule has 0 N–H and O–H groups in total. The topological polar surface area (TPSA) is 47.4 Å². The van der Waals surface area contributed by atoms with Crippen LogP contribution in [0.2, 0.25) is 5.02 Å².